The first-order chi connectivity index (χ1) is 14.1. The number of carbonyl (C=O) groups is 1. The van der Waals surface area contributed by atoms with Gasteiger partial charge < -0.3 is 5.32 Å². The Morgan fingerprint density at radius 3 is 2.48 bits per heavy atom. The van der Waals surface area contributed by atoms with Crippen LogP contribution in [0.25, 0.3) is 0 Å². The lowest BCUT2D eigenvalue weighted by molar-refractivity contribution is -0.128. The lowest BCUT2D eigenvalue weighted by Gasteiger charge is -2.46. The van der Waals surface area contributed by atoms with E-state index in [9.17, 15) is 4.79 Å². The summed E-state index contributed by atoms with van der Waals surface area (Å²) in [5.74, 6) is 1.18. The summed E-state index contributed by atoms with van der Waals surface area (Å²) in [5.41, 5.74) is 2.47. The summed E-state index contributed by atoms with van der Waals surface area (Å²) < 4.78 is 0. The molecule has 29 heavy (non-hydrogen) atoms. The van der Waals surface area contributed by atoms with Crippen LogP contribution < -0.4 is 5.32 Å². The number of carbonyl (C=O) groups excluding carboxylic acids is 1. The topological polar surface area (TPSA) is 29.1 Å². The van der Waals surface area contributed by atoms with E-state index in [1.807, 2.05) is 30.3 Å². The molecular weight excluding hydrogens is 401 g/mol. The number of allylic oxidation sites excluding steroid dienone is 1. The average Bonchev–Trinajstić information content (AvgIpc) is 2.67. The molecule has 0 bridgehead atoms. The zero-order chi connectivity index (χ0) is 20.4. The lowest BCUT2D eigenvalue weighted by atomic mass is 9.64. The maximum atomic E-state index is 13.0. The highest BCUT2D eigenvalue weighted by Gasteiger charge is 2.44. The Morgan fingerprint density at radius 1 is 1.10 bits per heavy atom. The summed E-state index contributed by atoms with van der Waals surface area (Å²) in [6, 6.07) is 16.3. The summed E-state index contributed by atoms with van der Waals surface area (Å²) in [6.45, 7) is 3.85. The molecule has 4 atom stereocenters. The van der Waals surface area contributed by atoms with Crippen LogP contribution >= 0.6 is 23.2 Å². The summed E-state index contributed by atoms with van der Waals surface area (Å²) in [4.78, 5) is 13.0. The van der Waals surface area contributed by atoms with Crippen LogP contribution in [0.5, 0.6) is 0 Å². The van der Waals surface area contributed by atoms with Crippen LogP contribution in [0.2, 0.25) is 10.0 Å². The molecule has 152 valence electrons. The predicted octanol–water partition coefficient (Wildman–Crippen LogP) is 6.74. The second-order valence-electron chi connectivity index (χ2n) is 8.42. The Balaban J connectivity index is 1.74. The van der Waals surface area contributed by atoms with E-state index >= 15 is 0 Å². The van der Waals surface area contributed by atoms with E-state index in [1.54, 1.807) is 0 Å². The summed E-state index contributed by atoms with van der Waals surface area (Å²) in [5, 5.41) is 4.90. The monoisotopic (exact) mass is 427 g/mol. The van der Waals surface area contributed by atoms with Gasteiger partial charge in [0.05, 0.1) is 0 Å². The second-order valence-corrected chi connectivity index (χ2v) is 9.29. The smallest absolute Gasteiger partial charge is 0.223 e. The van der Waals surface area contributed by atoms with Crippen LogP contribution in [-0.4, -0.2) is 11.9 Å². The number of hydrogen-bond acceptors (Lipinski definition) is 1. The highest BCUT2D eigenvalue weighted by molar-refractivity contribution is 6.30. The third-order valence-corrected chi connectivity index (χ3v) is 7.17. The van der Waals surface area contributed by atoms with Crippen molar-refractivity contribution in [2.45, 2.75) is 50.0 Å². The minimum Gasteiger partial charge on any atom is -0.352 e. The second kappa shape index (κ2) is 8.93. The fourth-order valence-electron chi connectivity index (χ4n) is 5.02. The van der Waals surface area contributed by atoms with Crippen molar-refractivity contribution in [3.63, 3.8) is 0 Å². The Labute approximate surface area is 183 Å². The number of piperidine rings is 1. The van der Waals surface area contributed by atoms with Gasteiger partial charge in [-0.25, -0.2) is 0 Å². The summed E-state index contributed by atoms with van der Waals surface area (Å²) >= 11 is 12.5. The van der Waals surface area contributed by atoms with Gasteiger partial charge in [-0.15, -0.1) is 6.58 Å². The van der Waals surface area contributed by atoms with Crippen LogP contribution in [-0.2, 0) is 4.79 Å². The maximum absolute atomic E-state index is 13.0. The molecule has 1 amide bonds. The van der Waals surface area contributed by atoms with Gasteiger partial charge in [0.2, 0.25) is 5.91 Å². The molecule has 0 aromatic heterocycles. The van der Waals surface area contributed by atoms with Crippen LogP contribution in [0.15, 0.2) is 61.2 Å². The molecule has 1 aliphatic carbocycles. The highest BCUT2D eigenvalue weighted by Crippen LogP contribution is 2.47. The predicted molar refractivity (Wildman–Crippen MR) is 121 cm³/mol. The van der Waals surface area contributed by atoms with E-state index in [-0.39, 0.29) is 29.7 Å². The van der Waals surface area contributed by atoms with Crippen molar-refractivity contribution in [1.29, 1.82) is 0 Å². The molecular formula is C25H27Cl2NO. The summed E-state index contributed by atoms with van der Waals surface area (Å²) in [6.07, 6.45) is 7.04. The molecule has 4 heteroatoms. The van der Waals surface area contributed by atoms with Gasteiger partial charge in [-0.2, -0.15) is 0 Å². The van der Waals surface area contributed by atoms with E-state index in [0.717, 1.165) is 16.5 Å². The number of amides is 1. The first kappa shape index (κ1) is 20.5. The highest BCUT2D eigenvalue weighted by atomic mass is 35.5. The van der Waals surface area contributed by atoms with E-state index in [2.05, 4.69) is 36.2 Å². The fourth-order valence-corrected chi connectivity index (χ4v) is 5.35. The minimum atomic E-state index is -0.0417. The zero-order valence-electron chi connectivity index (χ0n) is 16.5. The van der Waals surface area contributed by atoms with Crippen LogP contribution in [0.3, 0.4) is 0 Å². The SMILES string of the molecule is C=CCC1C[C@H](c2cccc(Cl)c2)[C@@H](C(c2ccc(Cl)cc2)C2CCC2)NC1=O. The van der Waals surface area contributed by atoms with Crippen molar-refractivity contribution in [3.05, 3.63) is 82.4 Å². The van der Waals surface area contributed by atoms with E-state index in [0.29, 0.717) is 12.3 Å². The molecule has 2 aromatic carbocycles. The lowest BCUT2D eigenvalue weighted by Crippen LogP contribution is -2.53. The van der Waals surface area contributed by atoms with Gasteiger partial charge in [-0.05, 0) is 67.0 Å². The standard InChI is InChI=1S/C25H27Cl2NO/c1-2-5-19-15-22(18-8-4-9-21(27)14-18)24(28-25(19)29)23(16-6-3-7-16)17-10-12-20(26)13-11-17/h2,4,8-14,16,19,22-24H,1,3,5-7,15H2,(H,28,29)/t19?,22-,23?,24+/m1/s1. The molecule has 2 fully saturated rings. The Morgan fingerprint density at radius 2 is 1.86 bits per heavy atom. The first-order valence-corrected chi connectivity index (χ1v) is 11.2. The molecule has 2 unspecified atom stereocenters. The minimum absolute atomic E-state index is 0.0417. The van der Waals surface area contributed by atoms with Crippen LogP contribution in [0.1, 0.15) is 55.1 Å². The summed E-state index contributed by atoms with van der Waals surface area (Å²) in [7, 11) is 0. The van der Waals surface area contributed by atoms with E-state index in [4.69, 9.17) is 23.2 Å². The molecule has 1 aliphatic heterocycles. The molecule has 2 aliphatic rings. The van der Waals surface area contributed by atoms with Gasteiger partial charge in [0.25, 0.3) is 0 Å². The van der Waals surface area contributed by atoms with Crippen LogP contribution in [0.4, 0.5) is 0 Å². The van der Waals surface area contributed by atoms with Gasteiger partial charge in [0.15, 0.2) is 0 Å². The molecule has 2 nitrogen and oxygen atoms in total. The molecule has 1 saturated heterocycles. The molecule has 0 radical (unpaired) electrons. The normalized spacial score (nSPS) is 25.7. The molecule has 0 spiro atoms. The van der Waals surface area contributed by atoms with E-state index < -0.39 is 0 Å². The van der Waals surface area contributed by atoms with Crippen molar-refractivity contribution in [1.82, 2.24) is 5.32 Å². The van der Waals surface area contributed by atoms with Gasteiger partial charge in [0, 0.05) is 33.8 Å². The molecule has 2 aromatic rings. The third-order valence-electron chi connectivity index (χ3n) is 6.68. The number of nitrogens with one attached hydrogen (secondary N) is 1. The largest absolute Gasteiger partial charge is 0.352 e. The quantitative estimate of drug-likeness (QED) is 0.507. The van der Waals surface area contributed by atoms with E-state index in [1.165, 1.54) is 30.4 Å². The zero-order valence-corrected chi connectivity index (χ0v) is 18.0. The third kappa shape index (κ3) is 4.39. The number of halogens is 2. The Kier molecular flexibility index (Phi) is 6.32. The van der Waals surface area contributed by atoms with Gasteiger partial charge in [-0.3, -0.25) is 4.79 Å². The van der Waals surface area contributed by atoms with Crippen LogP contribution in [0, 0.1) is 11.8 Å². The number of hydrogen-bond donors (Lipinski definition) is 1. The fraction of sp³-hybridized carbons (Fsp3) is 0.400. The van der Waals surface area contributed by atoms with Gasteiger partial charge >= 0.3 is 0 Å². The first-order valence-electron chi connectivity index (χ1n) is 10.5. The van der Waals surface area contributed by atoms with Crippen molar-refractivity contribution in [2.75, 3.05) is 0 Å². The Hall–Kier alpha value is -1.77. The number of benzene rings is 2. The maximum Gasteiger partial charge on any atom is 0.223 e. The molecule has 1 heterocycles. The number of rotatable bonds is 6. The molecule has 4 rings (SSSR count). The molecule has 1 N–H and O–H groups in total. The van der Waals surface area contributed by atoms with Crippen molar-refractivity contribution < 1.29 is 4.79 Å². The van der Waals surface area contributed by atoms with Crippen molar-refractivity contribution in [2.24, 2.45) is 11.8 Å². The van der Waals surface area contributed by atoms with Crippen molar-refractivity contribution in [3.8, 4) is 0 Å². The average molecular weight is 428 g/mol. The molecule has 1 saturated carbocycles. The van der Waals surface area contributed by atoms with Gasteiger partial charge in [-0.1, -0.05) is 60.0 Å². The Bertz CT molecular complexity index is 875. The van der Waals surface area contributed by atoms with Crippen molar-refractivity contribution >= 4 is 29.1 Å². The van der Waals surface area contributed by atoms with Gasteiger partial charge in [0.1, 0.15) is 0 Å².